The van der Waals surface area contributed by atoms with Crippen molar-refractivity contribution in [2.24, 2.45) is 17.3 Å². The lowest BCUT2D eigenvalue weighted by Gasteiger charge is -2.57. The van der Waals surface area contributed by atoms with Crippen LogP contribution in [0.15, 0.2) is 29.2 Å². The van der Waals surface area contributed by atoms with E-state index in [9.17, 15) is 13.2 Å². The summed E-state index contributed by atoms with van der Waals surface area (Å²) >= 11 is 0. The number of rotatable bonds is 9. The fourth-order valence-electron chi connectivity index (χ4n) is 4.37. The maximum Gasteiger partial charge on any atom is 0.332 e. The van der Waals surface area contributed by atoms with Crippen LogP contribution in [-0.4, -0.2) is 40.8 Å². The Morgan fingerprint density at radius 1 is 1.07 bits per heavy atom. The first kappa shape index (κ1) is 20.3. The van der Waals surface area contributed by atoms with Gasteiger partial charge in [0.15, 0.2) is 0 Å². The maximum absolute atomic E-state index is 12.2. The monoisotopic (exact) mass is 396 g/mol. The normalized spacial score (nSPS) is 27.0. The number of ether oxygens (including phenoxy) is 2. The zero-order valence-corrected chi connectivity index (χ0v) is 16.8. The zero-order valence-electron chi connectivity index (χ0n) is 16.0. The molecule has 0 radical (unpaired) electrons. The molecule has 0 aromatic heterocycles. The molecule has 0 heterocycles. The van der Waals surface area contributed by atoms with Gasteiger partial charge in [-0.3, -0.25) is 4.18 Å². The highest BCUT2D eigenvalue weighted by Gasteiger charge is 2.52. The van der Waals surface area contributed by atoms with Crippen LogP contribution in [-0.2, 0) is 28.6 Å². The number of carbonyl (C=O) groups excluding carboxylic acids is 1. The molecule has 150 valence electrons. The summed E-state index contributed by atoms with van der Waals surface area (Å²) in [5, 5.41) is 0. The number of esters is 1. The molecule has 0 aliphatic heterocycles. The lowest BCUT2D eigenvalue weighted by molar-refractivity contribution is -0.151. The second-order valence-electron chi connectivity index (χ2n) is 7.92. The van der Waals surface area contributed by atoms with Crippen molar-refractivity contribution in [3.05, 3.63) is 29.8 Å². The zero-order chi connectivity index (χ0) is 19.5. The molecule has 2 aliphatic rings. The van der Waals surface area contributed by atoms with E-state index in [0.717, 1.165) is 31.2 Å². The Morgan fingerprint density at radius 2 is 1.67 bits per heavy atom. The van der Waals surface area contributed by atoms with Crippen molar-refractivity contribution in [1.29, 1.82) is 0 Å². The summed E-state index contributed by atoms with van der Waals surface area (Å²) in [7, 11) is -3.67. The highest BCUT2D eigenvalue weighted by molar-refractivity contribution is 7.86. The number of benzene rings is 1. The van der Waals surface area contributed by atoms with Crippen LogP contribution in [0.25, 0.3) is 0 Å². The fourth-order valence-corrected chi connectivity index (χ4v) is 5.35. The van der Waals surface area contributed by atoms with Gasteiger partial charge < -0.3 is 9.47 Å². The predicted molar refractivity (Wildman–Crippen MR) is 99.6 cm³/mol. The van der Waals surface area contributed by atoms with Crippen LogP contribution in [0.1, 0.15) is 38.2 Å². The molecule has 0 amide bonds. The summed E-state index contributed by atoms with van der Waals surface area (Å²) in [5.41, 5.74) is 1.35. The van der Waals surface area contributed by atoms with E-state index in [1.165, 1.54) is 0 Å². The van der Waals surface area contributed by atoms with E-state index in [-0.39, 0.29) is 24.1 Å². The summed E-state index contributed by atoms with van der Waals surface area (Å²) in [6.45, 7) is 4.92. The van der Waals surface area contributed by atoms with Crippen molar-refractivity contribution < 1.29 is 26.9 Å². The first-order chi connectivity index (χ1) is 12.8. The largest absolute Gasteiger partial charge is 0.464 e. The molecule has 27 heavy (non-hydrogen) atoms. The highest BCUT2D eigenvalue weighted by Crippen LogP contribution is 2.61. The maximum atomic E-state index is 12.2. The third-order valence-electron chi connectivity index (χ3n) is 5.53. The van der Waals surface area contributed by atoms with Crippen LogP contribution < -0.4 is 0 Å². The van der Waals surface area contributed by atoms with Gasteiger partial charge in [0.05, 0.1) is 24.7 Å². The molecule has 2 aliphatic carbocycles. The lowest BCUT2D eigenvalue weighted by atomic mass is 9.48. The first-order valence-corrected chi connectivity index (χ1v) is 10.9. The van der Waals surface area contributed by atoms with Gasteiger partial charge in [-0.15, -0.1) is 0 Å². The van der Waals surface area contributed by atoms with Gasteiger partial charge in [0.2, 0.25) is 0 Å². The Morgan fingerprint density at radius 3 is 2.26 bits per heavy atom. The topological polar surface area (TPSA) is 78.9 Å². The Labute approximate surface area is 161 Å². The molecule has 0 atom stereocenters. The van der Waals surface area contributed by atoms with Crippen molar-refractivity contribution >= 4 is 16.1 Å². The predicted octanol–water partition coefficient (Wildman–Crippen LogP) is 3.09. The number of carbonyl (C=O) groups is 1. The third-order valence-corrected chi connectivity index (χ3v) is 6.83. The van der Waals surface area contributed by atoms with Gasteiger partial charge >= 0.3 is 5.97 Å². The smallest absolute Gasteiger partial charge is 0.332 e. The molecule has 1 aromatic carbocycles. The number of hydrogen-bond donors (Lipinski definition) is 0. The molecule has 0 bridgehead atoms. The van der Waals surface area contributed by atoms with E-state index in [1.807, 2.05) is 6.92 Å². The quantitative estimate of drug-likeness (QED) is 0.471. The van der Waals surface area contributed by atoms with Gasteiger partial charge in [0, 0.05) is 0 Å². The van der Waals surface area contributed by atoms with Gasteiger partial charge in [-0.05, 0) is 68.9 Å². The third kappa shape index (κ3) is 5.09. The molecule has 3 rings (SSSR count). The molecular formula is C20H28O6S. The van der Waals surface area contributed by atoms with Crippen molar-refractivity contribution in [2.45, 2.75) is 44.4 Å². The molecule has 7 heteroatoms. The minimum atomic E-state index is -3.67. The van der Waals surface area contributed by atoms with Gasteiger partial charge in [0.25, 0.3) is 10.1 Å². The Hall–Kier alpha value is -1.44. The van der Waals surface area contributed by atoms with Crippen molar-refractivity contribution in [1.82, 2.24) is 0 Å². The molecule has 0 unspecified atom stereocenters. The standard InChI is InChI=1S/C20H28O6S/c1-3-25-19(21)14-24-12-16-8-20(9-16)10-17(11-20)13-26-27(22,23)18-6-4-15(2)5-7-18/h4-7,16-17H,3,8-14H2,1-2H3. The minimum absolute atomic E-state index is 0.0185. The summed E-state index contributed by atoms with van der Waals surface area (Å²) in [5.74, 6) is 0.464. The van der Waals surface area contributed by atoms with Crippen LogP contribution in [0.3, 0.4) is 0 Å². The van der Waals surface area contributed by atoms with E-state index in [1.54, 1.807) is 31.2 Å². The average Bonchev–Trinajstić information content (AvgIpc) is 2.55. The van der Waals surface area contributed by atoms with Crippen molar-refractivity contribution in [2.75, 3.05) is 26.4 Å². The van der Waals surface area contributed by atoms with Crippen LogP contribution in [0.2, 0.25) is 0 Å². The summed E-state index contributed by atoms with van der Waals surface area (Å²) in [6, 6.07) is 6.71. The lowest BCUT2D eigenvalue weighted by Crippen LogP contribution is -2.50. The van der Waals surface area contributed by atoms with Crippen molar-refractivity contribution in [3.63, 3.8) is 0 Å². The minimum Gasteiger partial charge on any atom is -0.464 e. The van der Waals surface area contributed by atoms with Gasteiger partial charge in [-0.25, -0.2) is 4.79 Å². The highest BCUT2D eigenvalue weighted by atomic mass is 32.2. The fraction of sp³-hybridized carbons (Fsp3) is 0.650. The number of hydrogen-bond acceptors (Lipinski definition) is 6. The molecule has 1 spiro atoms. The summed E-state index contributed by atoms with van der Waals surface area (Å²) in [4.78, 5) is 11.4. The van der Waals surface area contributed by atoms with Crippen LogP contribution >= 0.6 is 0 Å². The Kier molecular flexibility index (Phi) is 6.23. The van der Waals surface area contributed by atoms with Crippen LogP contribution in [0.4, 0.5) is 0 Å². The molecule has 0 saturated heterocycles. The van der Waals surface area contributed by atoms with Crippen LogP contribution in [0.5, 0.6) is 0 Å². The van der Waals surface area contributed by atoms with Gasteiger partial charge in [-0.2, -0.15) is 8.42 Å². The molecule has 2 fully saturated rings. The second kappa shape index (κ2) is 8.29. The molecule has 2 saturated carbocycles. The SMILES string of the molecule is CCOC(=O)COCC1CC2(C1)CC(COS(=O)(=O)c1ccc(C)cc1)C2. The van der Waals surface area contributed by atoms with Crippen molar-refractivity contribution in [3.8, 4) is 0 Å². The second-order valence-corrected chi connectivity index (χ2v) is 9.54. The van der Waals surface area contributed by atoms with Crippen LogP contribution in [0, 0.1) is 24.2 Å². The van der Waals surface area contributed by atoms with E-state index in [2.05, 4.69) is 0 Å². The average molecular weight is 397 g/mol. The first-order valence-electron chi connectivity index (χ1n) is 9.51. The van der Waals surface area contributed by atoms with Gasteiger partial charge in [-0.1, -0.05) is 17.7 Å². The Balaban J connectivity index is 1.33. The van der Waals surface area contributed by atoms with E-state index in [0.29, 0.717) is 30.5 Å². The van der Waals surface area contributed by atoms with E-state index >= 15 is 0 Å². The Bertz CT molecular complexity index is 741. The molecule has 0 N–H and O–H groups in total. The molecular weight excluding hydrogens is 368 g/mol. The van der Waals surface area contributed by atoms with Gasteiger partial charge in [0.1, 0.15) is 6.61 Å². The summed E-state index contributed by atoms with van der Waals surface area (Å²) in [6.07, 6.45) is 4.17. The number of aryl methyl sites for hydroxylation is 1. The summed E-state index contributed by atoms with van der Waals surface area (Å²) < 4.78 is 40.0. The molecule has 6 nitrogen and oxygen atoms in total. The van der Waals surface area contributed by atoms with E-state index in [4.69, 9.17) is 13.7 Å². The molecule has 1 aromatic rings. The van der Waals surface area contributed by atoms with E-state index < -0.39 is 10.1 Å².